The number of ether oxygens (including phenoxy) is 1. The van der Waals surface area contributed by atoms with Crippen LogP contribution in [0.5, 0.6) is 0 Å². The van der Waals surface area contributed by atoms with Gasteiger partial charge in [0.1, 0.15) is 6.23 Å². The van der Waals surface area contributed by atoms with Crippen molar-refractivity contribution in [2.45, 2.75) is 50.9 Å². The van der Waals surface area contributed by atoms with Gasteiger partial charge in [-0.3, -0.25) is 0 Å². The second kappa shape index (κ2) is 8.08. The summed E-state index contributed by atoms with van der Waals surface area (Å²) in [7, 11) is -3.30. The quantitative estimate of drug-likeness (QED) is 0.598. The normalized spacial score (nSPS) is 22.0. The Bertz CT molecular complexity index is 1250. The Hall–Kier alpha value is -1.58. The number of aromatic nitrogens is 3. The summed E-state index contributed by atoms with van der Waals surface area (Å²) in [5.41, 5.74) is 4.03. The molecule has 3 aromatic rings. The molecule has 0 aliphatic carbocycles. The molecular weight excluding hydrogens is 459 g/mol. The van der Waals surface area contributed by atoms with E-state index in [1.807, 2.05) is 29.2 Å². The van der Waals surface area contributed by atoms with Crippen molar-refractivity contribution in [3.63, 3.8) is 0 Å². The van der Waals surface area contributed by atoms with E-state index in [4.69, 9.17) is 27.9 Å². The minimum Gasteiger partial charge on any atom is -0.357 e. The first-order valence-corrected chi connectivity index (χ1v) is 13.1. The molecule has 1 N–H and O–H groups in total. The van der Waals surface area contributed by atoms with Crippen molar-refractivity contribution in [1.29, 1.82) is 0 Å². The number of fused-ring (bicyclic) bond motifs is 3. The Morgan fingerprint density at radius 2 is 2.06 bits per heavy atom. The molecule has 4 heterocycles. The van der Waals surface area contributed by atoms with Crippen molar-refractivity contribution in [1.82, 2.24) is 19.1 Å². The number of nitrogens with one attached hydrogen (secondary N) is 1. The van der Waals surface area contributed by atoms with E-state index < -0.39 is 10.0 Å². The third-order valence-electron chi connectivity index (χ3n) is 6.08. The molecule has 0 bridgehead atoms. The molecule has 1 aromatic carbocycles. The summed E-state index contributed by atoms with van der Waals surface area (Å²) in [5, 5.41) is 6.54. The second-order valence-electron chi connectivity index (χ2n) is 8.35. The average Bonchev–Trinajstić information content (AvgIpc) is 3.33. The third-order valence-corrected chi connectivity index (χ3v) is 7.63. The smallest absolute Gasteiger partial charge is 0.209 e. The Morgan fingerprint density at radius 1 is 1.23 bits per heavy atom. The third kappa shape index (κ3) is 4.00. The van der Waals surface area contributed by atoms with Crippen molar-refractivity contribution >= 4 is 44.1 Å². The van der Waals surface area contributed by atoms with E-state index in [0.717, 1.165) is 60.0 Å². The number of hydrogen-bond acceptors (Lipinski definition) is 4. The Morgan fingerprint density at radius 3 is 2.81 bits per heavy atom. The summed E-state index contributed by atoms with van der Waals surface area (Å²) in [5.74, 6) is 0. The molecule has 2 aromatic heterocycles. The zero-order valence-corrected chi connectivity index (χ0v) is 19.5. The molecule has 0 radical (unpaired) electrons. The Labute approximate surface area is 191 Å². The van der Waals surface area contributed by atoms with Gasteiger partial charge in [-0.2, -0.15) is 5.10 Å². The summed E-state index contributed by atoms with van der Waals surface area (Å²) in [6.45, 7) is 1.26. The zero-order valence-electron chi connectivity index (χ0n) is 17.1. The van der Waals surface area contributed by atoms with Gasteiger partial charge in [0.05, 0.1) is 28.0 Å². The van der Waals surface area contributed by atoms with Crippen molar-refractivity contribution in [2.75, 3.05) is 12.9 Å². The minimum atomic E-state index is -3.30. The van der Waals surface area contributed by atoms with Gasteiger partial charge < -0.3 is 9.30 Å². The number of hydrogen-bond donors (Lipinski definition) is 1. The van der Waals surface area contributed by atoms with Gasteiger partial charge in [-0.05, 0) is 38.2 Å². The predicted octanol–water partition coefficient (Wildman–Crippen LogP) is 4.37. The highest BCUT2D eigenvalue weighted by atomic mass is 35.5. The largest absolute Gasteiger partial charge is 0.357 e. The van der Waals surface area contributed by atoms with Gasteiger partial charge in [0.25, 0.3) is 0 Å². The monoisotopic (exact) mass is 482 g/mol. The zero-order chi connectivity index (χ0) is 21.8. The molecule has 1 saturated heterocycles. The van der Waals surface area contributed by atoms with Gasteiger partial charge in [-0.25, -0.2) is 17.8 Å². The molecule has 0 saturated carbocycles. The maximum absolute atomic E-state index is 11.8. The summed E-state index contributed by atoms with van der Waals surface area (Å²) in [6, 6.07) is 3.60. The van der Waals surface area contributed by atoms with Crippen LogP contribution in [-0.2, 0) is 27.7 Å². The molecule has 2 aliphatic heterocycles. The lowest BCUT2D eigenvalue weighted by molar-refractivity contribution is -0.0394. The highest BCUT2D eigenvalue weighted by Gasteiger charge is 2.29. The van der Waals surface area contributed by atoms with Crippen molar-refractivity contribution in [3.05, 3.63) is 40.3 Å². The number of nitrogens with zero attached hydrogens (tertiary/aromatic N) is 3. The van der Waals surface area contributed by atoms with Crippen LogP contribution in [0.15, 0.2) is 24.5 Å². The van der Waals surface area contributed by atoms with Crippen LogP contribution in [0.1, 0.15) is 37.6 Å². The lowest BCUT2D eigenvalue weighted by atomic mass is 9.99. The minimum absolute atomic E-state index is 0.0337. The van der Waals surface area contributed by atoms with Crippen LogP contribution in [0.2, 0.25) is 10.0 Å². The van der Waals surface area contributed by atoms with Crippen LogP contribution in [0.25, 0.3) is 22.0 Å². The van der Waals surface area contributed by atoms with Gasteiger partial charge in [0, 0.05) is 47.6 Å². The highest BCUT2D eigenvalue weighted by Crippen LogP contribution is 2.43. The van der Waals surface area contributed by atoms with Gasteiger partial charge >= 0.3 is 0 Å². The lowest BCUT2D eigenvalue weighted by Gasteiger charge is -2.26. The van der Waals surface area contributed by atoms with Crippen molar-refractivity contribution < 1.29 is 13.2 Å². The fourth-order valence-corrected chi connectivity index (χ4v) is 6.01. The first kappa shape index (κ1) is 21.3. The maximum Gasteiger partial charge on any atom is 0.209 e. The van der Waals surface area contributed by atoms with Gasteiger partial charge in [0.2, 0.25) is 10.0 Å². The number of rotatable bonds is 4. The molecule has 2 unspecified atom stereocenters. The molecule has 166 valence electrons. The van der Waals surface area contributed by atoms with Gasteiger partial charge in [-0.1, -0.05) is 29.3 Å². The second-order valence-corrected chi connectivity index (χ2v) is 10.9. The fraction of sp³-hybridized carbons (Fsp3) is 0.476. The van der Waals surface area contributed by atoms with E-state index in [0.29, 0.717) is 23.0 Å². The molecule has 5 rings (SSSR count). The number of sulfonamides is 1. The highest BCUT2D eigenvalue weighted by molar-refractivity contribution is 7.88. The van der Waals surface area contributed by atoms with E-state index in [-0.39, 0.29) is 12.3 Å². The van der Waals surface area contributed by atoms with Gasteiger partial charge in [-0.15, -0.1) is 0 Å². The van der Waals surface area contributed by atoms with Crippen LogP contribution in [-0.4, -0.2) is 41.7 Å². The first-order valence-electron chi connectivity index (χ1n) is 10.4. The lowest BCUT2D eigenvalue weighted by Crippen LogP contribution is -2.40. The predicted molar refractivity (Wildman–Crippen MR) is 122 cm³/mol. The van der Waals surface area contributed by atoms with E-state index >= 15 is 0 Å². The molecule has 0 amide bonds. The summed E-state index contributed by atoms with van der Waals surface area (Å²) >= 11 is 13.0. The van der Waals surface area contributed by atoms with Crippen LogP contribution in [0, 0.1) is 0 Å². The van der Waals surface area contributed by atoms with Crippen LogP contribution in [0.3, 0.4) is 0 Å². The molecule has 10 heteroatoms. The molecule has 7 nitrogen and oxygen atoms in total. The molecule has 2 atom stereocenters. The van der Waals surface area contributed by atoms with E-state index in [1.165, 1.54) is 6.26 Å². The van der Waals surface area contributed by atoms with Crippen LogP contribution >= 0.6 is 23.2 Å². The summed E-state index contributed by atoms with van der Waals surface area (Å²) in [4.78, 5) is 0. The molecule has 1 fully saturated rings. The standard InChI is InChI=1S/C21H24Cl2N4O3S/c1-31(28,29)25-14-5-8-17-19(13-10-24-27(11-13)18-4-2-3-9-30-18)15-6-7-16(22)20(23)21(15)26(17)12-14/h6-7,10-11,14,18,25H,2-5,8-9,12H2,1H3. The Kier molecular flexibility index (Phi) is 5.55. The first-order chi connectivity index (χ1) is 14.8. The van der Waals surface area contributed by atoms with Crippen molar-refractivity contribution in [2.24, 2.45) is 0 Å². The Balaban J connectivity index is 1.62. The van der Waals surface area contributed by atoms with Crippen LogP contribution < -0.4 is 4.72 Å². The fourth-order valence-electron chi connectivity index (χ4n) is 4.79. The van der Waals surface area contributed by atoms with E-state index in [2.05, 4.69) is 14.4 Å². The maximum atomic E-state index is 11.8. The van der Waals surface area contributed by atoms with Crippen molar-refractivity contribution in [3.8, 4) is 11.1 Å². The molecular formula is C21H24Cl2N4O3S. The summed E-state index contributed by atoms with van der Waals surface area (Å²) in [6.07, 6.45) is 9.67. The van der Waals surface area contributed by atoms with Crippen LogP contribution in [0.4, 0.5) is 0 Å². The van der Waals surface area contributed by atoms with Gasteiger partial charge in [0.15, 0.2) is 0 Å². The molecule has 2 aliphatic rings. The number of benzene rings is 1. The molecule has 31 heavy (non-hydrogen) atoms. The number of halogens is 2. The van der Waals surface area contributed by atoms with E-state index in [1.54, 1.807) is 0 Å². The average molecular weight is 483 g/mol. The summed E-state index contributed by atoms with van der Waals surface area (Å²) < 4.78 is 36.2. The SMILES string of the molecule is CS(=O)(=O)NC1CCc2c(-c3cnn(C4CCCCO4)c3)c3ccc(Cl)c(Cl)c3n2C1. The topological polar surface area (TPSA) is 78.2 Å². The van der Waals surface area contributed by atoms with E-state index in [9.17, 15) is 8.42 Å². The molecule has 0 spiro atoms.